The fraction of sp³-hybridized carbons (Fsp3) is 0.545. The molecular formula is C11H15ClO2S. The largest absolute Gasteiger partial charge is 0.481 e. The topological polar surface area (TPSA) is 37.3 Å². The summed E-state index contributed by atoms with van der Waals surface area (Å²) in [5.74, 6) is -0.611. The van der Waals surface area contributed by atoms with Crippen LogP contribution < -0.4 is 0 Å². The highest BCUT2D eigenvalue weighted by Gasteiger charge is 2.16. The van der Waals surface area contributed by atoms with Gasteiger partial charge in [0.15, 0.2) is 0 Å². The number of hydrogen-bond acceptors (Lipinski definition) is 2. The summed E-state index contributed by atoms with van der Waals surface area (Å²) in [6.07, 6.45) is 3.29. The molecule has 4 heteroatoms. The second-order valence-corrected chi connectivity index (χ2v) is 5.33. The van der Waals surface area contributed by atoms with Crippen LogP contribution in [0.3, 0.4) is 0 Å². The Hall–Kier alpha value is -0.540. The van der Waals surface area contributed by atoms with Gasteiger partial charge < -0.3 is 5.11 Å². The molecule has 1 unspecified atom stereocenters. The van der Waals surface area contributed by atoms with Crippen molar-refractivity contribution in [1.29, 1.82) is 0 Å². The number of carbonyl (C=O) groups is 1. The number of halogens is 1. The second kappa shape index (κ2) is 6.13. The van der Waals surface area contributed by atoms with Gasteiger partial charge in [0.2, 0.25) is 0 Å². The van der Waals surface area contributed by atoms with Crippen molar-refractivity contribution in [2.45, 2.75) is 38.5 Å². The lowest BCUT2D eigenvalue weighted by Crippen LogP contribution is -2.05. The first kappa shape index (κ1) is 12.5. The van der Waals surface area contributed by atoms with E-state index >= 15 is 0 Å². The number of rotatable bonds is 6. The maximum atomic E-state index is 10.7. The third-order valence-corrected chi connectivity index (χ3v) is 3.72. The number of carboxylic acids is 1. The summed E-state index contributed by atoms with van der Waals surface area (Å²) in [5, 5.41) is 8.82. The molecule has 0 radical (unpaired) electrons. The molecule has 2 nitrogen and oxygen atoms in total. The lowest BCUT2D eigenvalue weighted by Gasteiger charge is -2.11. The van der Waals surface area contributed by atoms with Crippen molar-refractivity contribution in [3.63, 3.8) is 0 Å². The van der Waals surface area contributed by atoms with Crippen molar-refractivity contribution >= 4 is 28.9 Å². The zero-order chi connectivity index (χ0) is 11.3. The molecule has 0 aliphatic heterocycles. The minimum absolute atomic E-state index is 0.125. The Kier molecular flexibility index (Phi) is 5.12. The molecule has 0 saturated heterocycles. The van der Waals surface area contributed by atoms with Crippen molar-refractivity contribution in [2.75, 3.05) is 0 Å². The van der Waals surface area contributed by atoms with Crippen molar-refractivity contribution in [2.24, 2.45) is 0 Å². The zero-order valence-electron chi connectivity index (χ0n) is 8.70. The van der Waals surface area contributed by atoms with Gasteiger partial charge in [-0.1, -0.05) is 31.4 Å². The van der Waals surface area contributed by atoms with E-state index in [-0.39, 0.29) is 12.3 Å². The monoisotopic (exact) mass is 246 g/mol. The average molecular weight is 247 g/mol. The molecule has 1 aromatic rings. The van der Waals surface area contributed by atoms with Crippen molar-refractivity contribution in [3.8, 4) is 0 Å². The lowest BCUT2D eigenvalue weighted by molar-refractivity contribution is -0.137. The normalized spacial score (nSPS) is 12.7. The molecule has 0 fully saturated rings. The Morgan fingerprint density at radius 3 is 2.80 bits per heavy atom. The van der Waals surface area contributed by atoms with Crippen LogP contribution in [0, 0.1) is 0 Å². The van der Waals surface area contributed by atoms with E-state index in [1.54, 1.807) is 0 Å². The minimum Gasteiger partial charge on any atom is -0.481 e. The summed E-state index contributed by atoms with van der Waals surface area (Å²) in [6.45, 7) is 2.11. The van der Waals surface area contributed by atoms with Gasteiger partial charge in [0.05, 0.1) is 10.8 Å². The van der Waals surface area contributed by atoms with Gasteiger partial charge in [-0.25, -0.2) is 0 Å². The maximum Gasteiger partial charge on any atom is 0.303 e. The third kappa shape index (κ3) is 4.22. The number of aliphatic carboxylic acids is 1. The highest BCUT2D eigenvalue weighted by Crippen LogP contribution is 2.33. The highest BCUT2D eigenvalue weighted by atomic mass is 35.5. The van der Waals surface area contributed by atoms with Gasteiger partial charge in [0, 0.05) is 10.8 Å². The van der Waals surface area contributed by atoms with Crippen LogP contribution in [0.1, 0.15) is 43.4 Å². The molecule has 1 N–H and O–H groups in total. The van der Waals surface area contributed by atoms with E-state index in [0.717, 1.165) is 28.5 Å². The van der Waals surface area contributed by atoms with Crippen LogP contribution in [-0.2, 0) is 4.79 Å². The van der Waals surface area contributed by atoms with Crippen molar-refractivity contribution in [1.82, 2.24) is 0 Å². The van der Waals surface area contributed by atoms with Crippen LogP contribution in [-0.4, -0.2) is 11.1 Å². The first-order chi connectivity index (χ1) is 7.13. The van der Waals surface area contributed by atoms with Crippen LogP contribution in [0.2, 0.25) is 4.34 Å². The molecule has 84 valence electrons. The Bertz CT molecular complexity index is 322. The minimum atomic E-state index is -0.736. The maximum absolute atomic E-state index is 10.7. The Labute approximate surface area is 98.9 Å². The summed E-state index contributed by atoms with van der Waals surface area (Å²) in [4.78, 5) is 11.8. The smallest absolute Gasteiger partial charge is 0.303 e. The van der Waals surface area contributed by atoms with Gasteiger partial charge >= 0.3 is 5.97 Å². The molecule has 1 aromatic heterocycles. The number of carboxylic acid groups (broad SMARTS) is 1. The van der Waals surface area contributed by atoms with Gasteiger partial charge in [-0.15, -0.1) is 11.3 Å². The summed E-state index contributed by atoms with van der Waals surface area (Å²) in [6, 6.07) is 3.78. The van der Waals surface area contributed by atoms with E-state index in [4.69, 9.17) is 16.7 Å². The molecule has 0 saturated carbocycles. The van der Waals surface area contributed by atoms with Gasteiger partial charge in [0.25, 0.3) is 0 Å². The van der Waals surface area contributed by atoms with Gasteiger partial charge in [-0.05, 0) is 18.6 Å². The lowest BCUT2D eigenvalue weighted by atomic mass is 9.97. The van der Waals surface area contributed by atoms with E-state index in [2.05, 4.69) is 6.92 Å². The molecular weight excluding hydrogens is 232 g/mol. The molecule has 0 spiro atoms. The van der Waals surface area contributed by atoms with Gasteiger partial charge in [-0.2, -0.15) is 0 Å². The quantitative estimate of drug-likeness (QED) is 0.819. The Balaban J connectivity index is 2.66. The number of thiophene rings is 1. The van der Waals surface area contributed by atoms with Crippen LogP contribution in [0.25, 0.3) is 0 Å². The summed E-state index contributed by atoms with van der Waals surface area (Å²) < 4.78 is 0.733. The molecule has 0 aliphatic carbocycles. The summed E-state index contributed by atoms with van der Waals surface area (Å²) in [5.41, 5.74) is 0. The Morgan fingerprint density at radius 2 is 2.33 bits per heavy atom. The number of hydrogen-bond donors (Lipinski definition) is 1. The molecule has 0 aliphatic rings. The first-order valence-corrected chi connectivity index (χ1v) is 6.30. The standard InChI is InChI=1S/C11H15ClO2S/c1-2-3-4-8(7-11(13)14)9-5-6-10(12)15-9/h5-6,8H,2-4,7H2,1H3,(H,13,14). The molecule has 1 atom stereocenters. The van der Waals surface area contributed by atoms with Crippen LogP contribution in [0.5, 0.6) is 0 Å². The number of unbranched alkanes of at least 4 members (excludes halogenated alkanes) is 1. The van der Waals surface area contributed by atoms with Crippen LogP contribution in [0.15, 0.2) is 12.1 Å². The van der Waals surface area contributed by atoms with E-state index in [1.807, 2.05) is 12.1 Å². The third-order valence-electron chi connectivity index (χ3n) is 2.32. The fourth-order valence-electron chi connectivity index (χ4n) is 1.55. The van der Waals surface area contributed by atoms with Gasteiger partial charge in [-0.3, -0.25) is 4.79 Å². The SMILES string of the molecule is CCCCC(CC(=O)O)c1ccc(Cl)s1. The van der Waals surface area contributed by atoms with Gasteiger partial charge in [0.1, 0.15) is 0 Å². The van der Waals surface area contributed by atoms with E-state index in [0.29, 0.717) is 0 Å². The Morgan fingerprint density at radius 1 is 1.60 bits per heavy atom. The summed E-state index contributed by atoms with van der Waals surface area (Å²) in [7, 11) is 0. The van der Waals surface area contributed by atoms with Crippen molar-refractivity contribution < 1.29 is 9.90 Å². The summed E-state index contributed by atoms with van der Waals surface area (Å²) >= 11 is 7.34. The van der Waals surface area contributed by atoms with E-state index < -0.39 is 5.97 Å². The fourth-order valence-corrected chi connectivity index (χ4v) is 2.75. The molecule has 1 rings (SSSR count). The van der Waals surface area contributed by atoms with Crippen molar-refractivity contribution in [3.05, 3.63) is 21.3 Å². The first-order valence-electron chi connectivity index (χ1n) is 5.10. The highest BCUT2D eigenvalue weighted by molar-refractivity contribution is 7.16. The van der Waals surface area contributed by atoms with E-state index in [9.17, 15) is 4.79 Å². The predicted octanol–water partition coefficient (Wildman–Crippen LogP) is 4.15. The average Bonchev–Trinajstić information content (AvgIpc) is 2.58. The zero-order valence-corrected chi connectivity index (χ0v) is 10.3. The van der Waals surface area contributed by atoms with Crippen LogP contribution >= 0.6 is 22.9 Å². The van der Waals surface area contributed by atoms with Crippen LogP contribution in [0.4, 0.5) is 0 Å². The second-order valence-electron chi connectivity index (χ2n) is 3.58. The molecule has 0 amide bonds. The van der Waals surface area contributed by atoms with E-state index in [1.165, 1.54) is 11.3 Å². The molecule has 1 heterocycles. The molecule has 0 aromatic carbocycles. The molecule has 0 bridgehead atoms. The predicted molar refractivity (Wildman–Crippen MR) is 63.8 cm³/mol. The molecule has 15 heavy (non-hydrogen) atoms.